The Morgan fingerprint density at radius 3 is 2.32 bits per heavy atom. The molecule has 1 saturated heterocycles. The number of amides is 1. The topological polar surface area (TPSA) is 94.7 Å². The Hall–Kier alpha value is -5.16. The van der Waals surface area contributed by atoms with Gasteiger partial charge in [0.1, 0.15) is 11.5 Å². The molecule has 1 aliphatic heterocycles. The van der Waals surface area contributed by atoms with Gasteiger partial charge < -0.3 is 42.6 Å². The van der Waals surface area contributed by atoms with Crippen molar-refractivity contribution >= 4 is 22.9 Å². The summed E-state index contributed by atoms with van der Waals surface area (Å²) in [5.74, 6) is 4.02. The molecular weight excluding hydrogens is 634 g/mol. The number of fused-ring (bicyclic) bond motifs is 1. The predicted molar refractivity (Wildman–Crippen MR) is 194 cm³/mol. The summed E-state index contributed by atoms with van der Waals surface area (Å²) in [5.41, 5.74) is 3.73. The highest BCUT2D eigenvalue weighted by Gasteiger charge is 2.25. The zero-order valence-electron chi connectivity index (χ0n) is 29.6. The number of hydrogen-bond acceptors (Lipinski definition) is 9. The Balaban J connectivity index is 1.16. The second kappa shape index (κ2) is 16.0. The largest absolute Gasteiger partial charge is 0.497 e. The van der Waals surface area contributed by atoms with Crippen molar-refractivity contribution in [1.29, 1.82) is 0 Å². The van der Waals surface area contributed by atoms with E-state index < -0.39 is 0 Å². The first-order chi connectivity index (χ1) is 24.4. The summed E-state index contributed by atoms with van der Waals surface area (Å²) < 4.78 is 29.9. The van der Waals surface area contributed by atoms with Crippen LogP contribution in [0.1, 0.15) is 40.4 Å². The normalized spacial score (nSPS) is 14.3. The van der Waals surface area contributed by atoms with Crippen LogP contribution in [0.3, 0.4) is 0 Å². The highest BCUT2D eigenvalue weighted by Crippen LogP contribution is 2.38. The number of ether oxygens (including phenoxy) is 4. The highest BCUT2D eigenvalue weighted by atomic mass is 16.5. The van der Waals surface area contributed by atoms with Crippen molar-refractivity contribution in [3.63, 3.8) is 0 Å². The van der Waals surface area contributed by atoms with Crippen molar-refractivity contribution in [3.05, 3.63) is 95.9 Å². The molecule has 0 aliphatic carbocycles. The average molecular weight is 682 g/mol. The minimum Gasteiger partial charge on any atom is -0.497 e. The quantitative estimate of drug-likeness (QED) is 0.136. The number of carbonyl (C=O) groups excluding carboxylic acids is 1. The molecule has 1 amide bonds. The maximum atomic E-state index is 13.8. The number of hydrogen-bond donors (Lipinski definition) is 0. The number of para-hydroxylation sites is 2. The molecular formula is C39H47N5O6. The molecule has 0 radical (unpaired) electrons. The monoisotopic (exact) mass is 681 g/mol. The Morgan fingerprint density at radius 2 is 1.64 bits per heavy atom. The third kappa shape index (κ3) is 7.68. The Kier molecular flexibility index (Phi) is 11.1. The molecule has 11 heteroatoms. The molecule has 50 heavy (non-hydrogen) atoms. The van der Waals surface area contributed by atoms with Gasteiger partial charge in [-0.15, -0.1) is 0 Å². The number of aromatic nitrogens is 2. The van der Waals surface area contributed by atoms with E-state index in [1.807, 2.05) is 37.4 Å². The zero-order chi connectivity index (χ0) is 35.0. The number of rotatable bonds is 14. The van der Waals surface area contributed by atoms with Gasteiger partial charge in [-0.25, -0.2) is 4.98 Å². The minimum atomic E-state index is -0.120. The van der Waals surface area contributed by atoms with Gasteiger partial charge in [-0.2, -0.15) is 0 Å². The summed E-state index contributed by atoms with van der Waals surface area (Å²) in [6.07, 6.45) is 3.63. The fourth-order valence-corrected chi connectivity index (χ4v) is 6.83. The van der Waals surface area contributed by atoms with Crippen LogP contribution in [0.25, 0.3) is 11.0 Å². The van der Waals surface area contributed by atoms with Crippen molar-refractivity contribution in [3.8, 4) is 23.0 Å². The molecule has 1 unspecified atom stereocenters. The molecule has 6 rings (SSSR count). The summed E-state index contributed by atoms with van der Waals surface area (Å²) in [4.78, 5) is 25.6. The van der Waals surface area contributed by atoms with Crippen LogP contribution >= 0.6 is 0 Å². The number of benzene rings is 3. The van der Waals surface area contributed by atoms with Gasteiger partial charge in [0.25, 0.3) is 5.91 Å². The van der Waals surface area contributed by atoms with Gasteiger partial charge in [0.05, 0.1) is 52.3 Å². The number of methoxy groups -OCH3 is 4. The fraction of sp³-hybridized carbons (Fsp3) is 0.385. The molecule has 3 aromatic carbocycles. The Labute approximate surface area is 293 Å². The van der Waals surface area contributed by atoms with Crippen molar-refractivity contribution in [2.75, 3.05) is 79.7 Å². The second-order valence-electron chi connectivity index (χ2n) is 12.6. The van der Waals surface area contributed by atoms with Crippen LogP contribution in [0.2, 0.25) is 0 Å². The smallest absolute Gasteiger partial charge is 0.253 e. The summed E-state index contributed by atoms with van der Waals surface area (Å²) in [7, 11) is 8.17. The molecule has 3 heterocycles. The van der Waals surface area contributed by atoms with E-state index in [1.165, 1.54) is 5.56 Å². The van der Waals surface area contributed by atoms with Crippen molar-refractivity contribution in [2.24, 2.45) is 0 Å². The first kappa shape index (κ1) is 34.7. The van der Waals surface area contributed by atoms with E-state index in [9.17, 15) is 4.79 Å². The molecule has 0 N–H and O–H groups in total. The van der Waals surface area contributed by atoms with Crippen LogP contribution in [-0.2, 0) is 6.54 Å². The van der Waals surface area contributed by atoms with Crippen LogP contribution in [0, 0.1) is 0 Å². The fourth-order valence-electron chi connectivity index (χ4n) is 6.83. The summed E-state index contributed by atoms with van der Waals surface area (Å²) in [6, 6.07) is 23.8. The molecule has 2 aromatic heterocycles. The molecule has 1 atom stereocenters. The minimum absolute atomic E-state index is 0.105. The number of likely N-dealkylation sites (N-methyl/N-ethyl adjacent to an activating group) is 1. The standard InChI is InChI=1S/C39H47N5O6/c1-41(38(45)30-24-35(47-3)37(49-5)36(25-30)48-4)26-29(28-13-15-31(46-2)16-14-28)17-20-42-18-9-19-43(22-21-42)39-40-33-11-6-7-12-34(33)44(39)27-32-10-8-23-50-32/h6-8,10-16,23-25,29H,9,17-22,26-27H2,1-5H3. The maximum Gasteiger partial charge on any atom is 0.253 e. The first-order valence-electron chi connectivity index (χ1n) is 17.1. The molecule has 0 saturated carbocycles. The van der Waals surface area contributed by atoms with E-state index >= 15 is 0 Å². The number of anilines is 1. The van der Waals surface area contributed by atoms with Gasteiger partial charge in [0, 0.05) is 44.7 Å². The molecule has 0 bridgehead atoms. The van der Waals surface area contributed by atoms with Gasteiger partial charge in [0.2, 0.25) is 11.7 Å². The lowest BCUT2D eigenvalue weighted by molar-refractivity contribution is 0.0782. The van der Waals surface area contributed by atoms with Gasteiger partial charge >= 0.3 is 0 Å². The number of imidazole rings is 1. The van der Waals surface area contributed by atoms with E-state index in [0.717, 1.165) is 74.1 Å². The van der Waals surface area contributed by atoms with Crippen molar-refractivity contribution in [1.82, 2.24) is 19.4 Å². The first-order valence-corrected chi connectivity index (χ1v) is 17.1. The zero-order valence-corrected chi connectivity index (χ0v) is 29.6. The molecule has 1 aliphatic rings. The van der Waals surface area contributed by atoms with Crippen molar-refractivity contribution < 1.29 is 28.2 Å². The number of furan rings is 1. The maximum absolute atomic E-state index is 13.8. The van der Waals surface area contributed by atoms with Crippen LogP contribution in [0.5, 0.6) is 23.0 Å². The average Bonchev–Trinajstić information content (AvgIpc) is 3.74. The van der Waals surface area contributed by atoms with E-state index in [-0.39, 0.29) is 11.8 Å². The predicted octanol–water partition coefficient (Wildman–Crippen LogP) is 6.17. The van der Waals surface area contributed by atoms with Gasteiger partial charge in [0.15, 0.2) is 11.5 Å². The van der Waals surface area contributed by atoms with E-state index in [2.05, 4.69) is 44.7 Å². The third-order valence-electron chi connectivity index (χ3n) is 9.53. The molecule has 1 fully saturated rings. The summed E-state index contributed by atoms with van der Waals surface area (Å²) >= 11 is 0. The Bertz CT molecular complexity index is 1830. The SMILES string of the molecule is COc1ccc(C(CCN2CCCN(c3nc4ccccc4n3Cc3ccco3)CC2)CN(C)C(=O)c2cc(OC)c(OC)c(OC)c2)cc1. The number of carbonyl (C=O) groups is 1. The third-order valence-corrected chi connectivity index (χ3v) is 9.53. The Morgan fingerprint density at radius 1 is 0.880 bits per heavy atom. The van der Waals surface area contributed by atoms with E-state index in [0.29, 0.717) is 35.9 Å². The van der Waals surface area contributed by atoms with Crippen LogP contribution in [0.4, 0.5) is 5.95 Å². The molecule has 5 aromatic rings. The van der Waals surface area contributed by atoms with Crippen LogP contribution < -0.4 is 23.8 Å². The molecule has 11 nitrogen and oxygen atoms in total. The highest BCUT2D eigenvalue weighted by molar-refractivity contribution is 5.95. The van der Waals surface area contributed by atoms with Crippen LogP contribution in [-0.4, -0.2) is 100 Å². The summed E-state index contributed by atoms with van der Waals surface area (Å²) in [5, 5.41) is 0. The lowest BCUT2D eigenvalue weighted by Crippen LogP contribution is -2.35. The second-order valence-corrected chi connectivity index (χ2v) is 12.6. The van der Waals surface area contributed by atoms with Crippen LogP contribution in [0.15, 0.2) is 83.5 Å². The van der Waals surface area contributed by atoms with E-state index in [4.69, 9.17) is 28.3 Å². The lowest BCUT2D eigenvalue weighted by atomic mass is 9.94. The van der Waals surface area contributed by atoms with Gasteiger partial charge in [-0.05, 0) is 80.0 Å². The molecule has 264 valence electrons. The molecule has 0 spiro atoms. The lowest BCUT2D eigenvalue weighted by Gasteiger charge is -2.28. The number of nitrogens with zero attached hydrogens (tertiary/aromatic N) is 5. The van der Waals surface area contributed by atoms with Gasteiger partial charge in [-0.3, -0.25) is 4.79 Å². The van der Waals surface area contributed by atoms with E-state index in [1.54, 1.807) is 51.7 Å². The van der Waals surface area contributed by atoms with Crippen molar-refractivity contribution in [2.45, 2.75) is 25.3 Å². The summed E-state index contributed by atoms with van der Waals surface area (Å²) in [6.45, 7) is 5.77. The van der Waals surface area contributed by atoms with Gasteiger partial charge in [-0.1, -0.05) is 24.3 Å².